The van der Waals surface area contributed by atoms with Gasteiger partial charge in [-0.3, -0.25) is 14.4 Å². The molecule has 0 saturated heterocycles. The summed E-state index contributed by atoms with van der Waals surface area (Å²) in [6.07, 6.45) is 1.07. The van der Waals surface area contributed by atoms with Gasteiger partial charge in [-0.15, -0.1) is 0 Å². The molecule has 0 spiro atoms. The second-order valence-corrected chi connectivity index (χ2v) is 14.2. The SMILES string of the molecule is CSCC[C@H](NC(=O)[C@@H](NC(=O)OC(C)(C)C)C(C)C)C(=O)N[C@@H](CC(C)C)[C@@H](O)C[C@@H](C)C(=O)N[C@H](CO)C(C)C. The highest BCUT2D eigenvalue weighted by Crippen LogP contribution is 2.17. The average Bonchev–Trinajstić information content (AvgIpc) is 2.85. The molecule has 0 rings (SSSR count). The minimum Gasteiger partial charge on any atom is -0.444 e. The summed E-state index contributed by atoms with van der Waals surface area (Å²) < 4.78 is 5.31. The zero-order chi connectivity index (χ0) is 32.8. The van der Waals surface area contributed by atoms with Gasteiger partial charge >= 0.3 is 6.09 Å². The van der Waals surface area contributed by atoms with E-state index in [4.69, 9.17) is 4.74 Å². The molecule has 0 aromatic heterocycles. The fraction of sp³-hybridized carbons (Fsp3) is 0.867. The van der Waals surface area contributed by atoms with Crippen LogP contribution < -0.4 is 21.3 Å². The van der Waals surface area contributed by atoms with Gasteiger partial charge in [-0.05, 0) is 69.8 Å². The Morgan fingerprint density at radius 2 is 1.36 bits per heavy atom. The molecule has 0 radical (unpaired) electrons. The van der Waals surface area contributed by atoms with E-state index in [2.05, 4.69) is 21.3 Å². The van der Waals surface area contributed by atoms with Crippen molar-refractivity contribution < 1.29 is 34.1 Å². The molecule has 0 aromatic rings. The molecule has 0 aliphatic carbocycles. The zero-order valence-corrected chi connectivity index (χ0v) is 28.4. The van der Waals surface area contributed by atoms with Crippen molar-refractivity contribution in [1.82, 2.24) is 21.3 Å². The molecule has 6 atom stereocenters. The van der Waals surface area contributed by atoms with E-state index in [1.165, 1.54) is 11.8 Å². The number of hydrogen-bond acceptors (Lipinski definition) is 8. The lowest BCUT2D eigenvalue weighted by molar-refractivity contribution is -0.131. The Bertz CT molecular complexity index is 848. The van der Waals surface area contributed by atoms with Gasteiger partial charge < -0.3 is 36.2 Å². The summed E-state index contributed by atoms with van der Waals surface area (Å²) in [5.41, 5.74) is -0.734. The predicted octanol–water partition coefficient (Wildman–Crippen LogP) is 2.82. The topological polar surface area (TPSA) is 166 Å². The van der Waals surface area contributed by atoms with Crippen molar-refractivity contribution in [3.05, 3.63) is 0 Å². The van der Waals surface area contributed by atoms with Crippen molar-refractivity contribution in [2.45, 2.75) is 124 Å². The van der Waals surface area contributed by atoms with Gasteiger partial charge in [-0.2, -0.15) is 11.8 Å². The number of ether oxygens (including phenoxy) is 1. The van der Waals surface area contributed by atoms with E-state index >= 15 is 0 Å². The Balaban J connectivity index is 5.68. The van der Waals surface area contributed by atoms with E-state index in [0.717, 1.165) is 0 Å². The summed E-state index contributed by atoms with van der Waals surface area (Å²) in [7, 11) is 0. The third kappa shape index (κ3) is 16.0. The quantitative estimate of drug-likeness (QED) is 0.136. The molecule has 0 fully saturated rings. The van der Waals surface area contributed by atoms with Crippen molar-refractivity contribution in [2.24, 2.45) is 23.7 Å². The lowest BCUT2D eigenvalue weighted by atomic mass is 9.91. The Kier molecular flexibility index (Phi) is 18.3. The number of nitrogens with one attached hydrogen (secondary N) is 4. The average molecular weight is 619 g/mol. The van der Waals surface area contributed by atoms with Crippen LogP contribution >= 0.6 is 11.8 Å². The van der Waals surface area contributed by atoms with E-state index < -0.39 is 53.7 Å². The van der Waals surface area contributed by atoms with Crippen LogP contribution in [0, 0.1) is 23.7 Å². The van der Waals surface area contributed by atoms with Crippen LogP contribution in [0.15, 0.2) is 0 Å². The first-order valence-electron chi connectivity index (χ1n) is 15.0. The van der Waals surface area contributed by atoms with Crippen LogP contribution in [0.1, 0.15) is 88.5 Å². The molecule has 0 aliphatic rings. The van der Waals surface area contributed by atoms with Gasteiger partial charge in [0.25, 0.3) is 0 Å². The first kappa shape index (κ1) is 40.0. The van der Waals surface area contributed by atoms with E-state index in [9.17, 15) is 29.4 Å². The number of alkyl carbamates (subject to hydrolysis) is 1. The van der Waals surface area contributed by atoms with Crippen molar-refractivity contribution in [1.29, 1.82) is 0 Å². The highest BCUT2D eigenvalue weighted by Gasteiger charge is 2.33. The van der Waals surface area contributed by atoms with Crippen LogP contribution in [-0.2, 0) is 19.1 Å². The van der Waals surface area contributed by atoms with Gasteiger partial charge in [0.05, 0.1) is 24.8 Å². The molecule has 246 valence electrons. The number of carbonyl (C=O) groups excluding carboxylic acids is 4. The lowest BCUT2D eigenvalue weighted by Crippen LogP contribution is -2.58. The molecule has 4 amide bonds. The summed E-state index contributed by atoms with van der Waals surface area (Å²) in [5.74, 6) is -1.28. The molecular formula is C30H58N4O7S. The first-order chi connectivity index (χ1) is 19.3. The number of amides is 4. The van der Waals surface area contributed by atoms with Gasteiger partial charge in [0.15, 0.2) is 0 Å². The number of carbonyl (C=O) groups is 4. The molecule has 0 aliphatic heterocycles. The molecule has 6 N–H and O–H groups in total. The minimum atomic E-state index is -1.02. The zero-order valence-electron chi connectivity index (χ0n) is 27.6. The van der Waals surface area contributed by atoms with E-state index in [-0.39, 0.29) is 42.7 Å². The molecule has 0 heterocycles. The smallest absolute Gasteiger partial charge is 0.408 e. The van der Waals surface area contributed by atoms with E-state index in [1.54, 1.807) is 41.5 Å². The normalized spacial score (nSPS) is 16.3. The highest BCUT2D eigenvalue weighted by molar-refractivity contribution is 7.98. The second kappa shape index (κ2) is 19.3. The summed E-state index contributed by atoms with van der Waals surface area (Å²) in [5, 5.41) is 31.8. The van der Waals surface area contributed by atoms with Crippen LogP contribution in [0.3, 0.4) is 0 Å². The molecule has 42 heavy (non-hydrogen) atoms. The highest BCUT2D eigenvalue weighted by atomic mass is 32.2. The van der Waals surface area contributed by atoms with Crippen LogP contribution in [0.5, 0.6) is 0 Å². The van der Waals surface area contributed by atoms with Crippen LogP contribution in [-0.4, -0.2) is 88.5 Å². The number of hydrogen-bond donors (Lipinski definition) is 6. The standard InChI is InChI=1S/C30H58N4O7S/c1-17(2)14-22(24(36)15-20(7)26(37)33-23(16-35)18(3)4)32-27(38)21(12-13-42-11)31-28(39)25(19(5)6)34-29(40)41-30(8,9)10/h17-25,35-36H,12-16H2,1-11H3,(H,31,39)(H,32,38)(H,33,37)(H,34,40)/t20-,21+,22+,23-,24+,25+/m1/s1. The summed E-state index contributed by atoms with van der Waals surface area (Å²) >= 11 is 1.53. The number of aliphatic hydroxyl groups is 2. The summed E-state index contributed by atoms with van der Waals surface area (Å²) in [6, 6.07) is -2.86. The predicted molar refractivity (Wildman–Crippen MR) is 168 cm³/mol. The molecule has 0 bridgehead atoms. The van der Waals surface area contributed by atoms with Crippen LogP contribution in [0.4, 0.5) is 4.79 Å². The Hall–Kier alpha value is -2.05. The van der Waals surface area contributed by atoms with Crippen molar-refractivity contribution in [3.63, 3.8) is 0 Å². The van der Waals surface area contributed by atoms with Gasteiger partial charge in [0, 0.05) is 5.92 Å². The summed E-state index contributed by atoms with van der Waals surface area (Å²) in [4.78, 5) is 51.9. The molecule has 12 heteroatoms. The largest absolute Gasteiger partial charge is 0.444 e. The molecule has 0 unspecified atom stereocenters. The Morgan fingerprint density at radius 1 is 0.786 bits per heavy atom. The molecule has 11 nitrogen and oxygen atoms in total. The van der Waals surface area contributed by atoms with Crippen molar-refractivity contribution in [3.8, 4) is 0 Å². The van der Waals surface area contributed by atoms with Crippen LogP contribution in [0.2, 0.25) is 0 Å². The Labute approximate surface area is 257 Å². The number of thioether (sulfide) groups is 1. The van der Waals surface area contributed by atoms with Crippen molar-refractivity contribution in [2.75, 3.05) is 18.6 Å². The lowest BCUT2D eigenvalue weighted by Gasteiger charge is -2.31. The molecule has 0 saturated carbocycles. The fourth-order valence-electron chi connectivity index (χ4n) is 4.22. The van der Waals surface area contributed by atoms with Gasteiger partial charge in [0.1, 0.15) is 17.7 Å². The number of rotatable bonds is 18. The summed E-state index contributed by atoms with van der Waals surface area (Å²) in [6.45, 7) is 18.0. The van der Waals surface area contributed by atoms with Gasteiger partial charge in [-0.25, -0.2) is 4.79 Å². The second-order valence-electron chi connectivity index (χ2n) is 13.2. The van der Waals surface area contributed by atoms with Crippen molar-refractivity contribution >= 4 is 35.6 Å². The maximum absolute atomic E-state index is 13.5. The van der Waals surface area contributed by atoms with E-state index in [0.29, 0.717) is 18.6 Å². The van der Waals surface area contributed by atoms with E-state index in [1.807, 2.05) is 34.0 Å². The molecule has 0 aromatic carbocycles. The number of aliphatic hydroxyl groups excluding tert-OH is 2. The third-order valence-electron chi connectivity index (χ3n) is 6.75. The fourth-order valence-corrected chi connectivity index (χ4v) is 4.69. The monoisotopic (exact) mass is 618 g/mol. The third-order valence-corrected chi connectivity index (χ3v) is 7.40. The maximum Gasteiger partial charge on any atom is 0.408 e. The van der Waals surface area contributed by atoms with Gasteiger partial charge in [0.2, 0.25) is 17.7 Å². The molecular weight excluding hydrogens is 560 g/mol. The maximum atomic E-state index is 13.5. The first-order valence-corrected chi connectivity index (χ1v) is 16.4. The van der Waals surface area contributed by atoms with Crippen LogP contribution in [0.25, 0.3) is 0 Å². The van der Waals surface area contributed by atoms with Gasteiger partial charge in [-0.1, -0.05) is 48.5 Å². The minimum absolute atomic E-state index is 0.0482. The Morgan fingerprint density at radius 3 is 1.81 bits per heavy atom.